The lowest BCUT2D eigenvalue weighted by atomic mass is 9.97. The Balaban J connectivity index is 1.05. The molecule has 57 heavy (non-hydrogen) atoms. The Labute approximate surface area is 330 Å². The van der Waals surface area contributed by atoms with Crippen LogP contribution in [0, 0.1) is 0 Å². The van der Waals surface area contributed by atoms with Gasteiger partial charge < -0.3 is 13.7 Å². The molecule has 3 nitrogen and oxygen atoms in total. The maximum atomic E-state index is 6.82. The monoisotopic (exact) mass is 729 g/mol. The van der Waals surface area contributed by atoms with Gasteiger partial charge in [-0.15, -0.1) is 0 Å². The van der Waals surface area contributed by atoms with Crippen molar-refractivity contribution in [1.29, 1.82) is 0 Å². The maximum Gasteiger partial charge on any atom is 0.160 e. The van der Waals surface area contributed by atoms with E-state index in [-0.39, 0.29) is 0 Å². The molecule has 0 N–H and O–H groups in total. The van der Waals surface area contributed by atoms with Gasteiger partial charge >= 0.3 is 0 Å². The predicted molar refractivity (Wildman–Crippen MR) is 237 cm³/mol. The quantitative estimate of drug-likeness (QED) is 0.164. The Hall–Kier alpha value is -7.62. The molecule has 0 spiro atoms. The van der Waals surface area contributed by atoms with Gasteiger partial charge in [-0.2, -0.15) is 0 Å². The zero-order chi connectivity index (χ0) is 37.7. The summed E-state index contributed by atoms with van der Waals surface area (Å²) in [5.41, 5.74) is 15.8. The number of hydrogen-bond acceptors (Lipinski definition) is 3. The topological polar surface area (TPSA) is 29.5 Å². The van der Waals surface area contributed by atoms with Crippen molar-refractivity contribution in [2.24, 2.45) is 0 Å². The molecule has 2 aromatic heterocycles. The van der Waals surface area contributed by atoms with Gasteiger partial charge in [0.25, 0.3) is 0 Å². The molecule has 0 fully saturated rings. The number of para-hydroxylation sites is 2. The van der Waals surface area contributed by atoms with E-state index >= 15 is 0 Å². The van der Waals surface area contributed by atoms with Gasteiger partial charge in [0.05, 0.1) is 5.69 Å². The van der Waals surface area contributed by atoms with Crippen molar-refractivity contribution in [2.75, 3.05) is 4.90 Å². The summed E-state index contributed by atoms with van der Waals surface area (Å²) in [6, 6.07) is 75.0. The van der Waals surface area contributed by atoms with E-state index in [1.165, 1.54) is 16.7 Å². The summed E-state index contributed by atoms with van der Waals surface area (Å²) in [5, 5.41) is 4.46. The van der Waals surface area contributed by atoms with Crippen LogP contribution in [0.2, 0.25) is 0 Å². The number of benzene rings is 9. The first kappa shape index (κ1) is 32.8. The predicted octanol–water partition coefficient (Wildman–Crippen LogP) is 15.6. The maximum absolute atomic E-state index is 6.82. The van der Waals surface area contributed by atoms with E-state index in [9.17, 15) is 0 Å². The van der Waals surface area contributed by atoms with Crippen LogP contribution in [0.25, 0.3) is 88.4 Å². The van der Waals surface area contributed by atoms with Crippen molar-refractivity contribution in [3.63, 3.8) is 0 Å². The van der Waals surface area contributed by atoms with Crippen LogP contribution in [0.1, 0.15) is 0 Å². The Bertz CT molecular complexity index is 3210. The van der Waals surface area contributed by atoms with Crippen LogP contribution in [-0.2, 0) is 0 Å². The summed E-state index contributed by atoms with van der Waals surface area (Å²) >= 11 is 0. The lowest BCUT2D eigenvalue weighted by Crippen LogP contribution is -2.10. The third kappa shape index (κ3) is 5.76. The molecule has 0 radical (unpaired) electrons. The standard InChI is InChI=1S/C54H35NO2/c1-3-12-36(13-4-1)40-16-11-17-41(34-40)37-22-27-43(28-23-37)55(44-29-24-38(25-30-44)42-26-31-47-46-18-7-9-20-50(46)56-52(47)35-42)49-33-32-45(39-14-5-2-6-15-39)53-48-19-8-10-21-51(48)57-54(49)53/h1-35H. The molecule has 0 aliphatic heterocycles. The Morgan fingerprint density at radius 2 is 0.789 bits per heavy atom. The van der Waals surface area contributed by atoms with Gasteiger partial charge in [0.2, 0.25) is 0 Å². The van der Waals surface area contributed by atoms with Gasteiger partial charge in [-0.25, -0.2) is 0 Å². The minimum Gasteiger partial charge on any atom is -0.456 e. The lowest BCUT2D eigenvalue weighted by molar-refractivity contribution is 0.668. The van der Waals surface area contributed by atoms with E-state index in [4.69, 9.17) is 8.83 Å². The fourth-order valence-electron chi connectivity index (χ4n) is 8.30. The molecular formula is C54H35NO2. The van der Waals surface area contributed by atoms with Crippen molar-refractivity contribution >= 4 is 60.9 Å². The number of rotatable bonds is 7. The zero-order valence-corrected chi connectivity index (χ0v) is 31.0. The van der Waals surface area contributed by atoms with Gasteiger partial charge in [0.15, 0.2) is 5.58 Å². The number of fused-ring (bicyclic) bond motifs is 6. The van der Waals surface area contributed by atoms with Crippen molar-refractivity contribution < 1.29 is 8.83 Å². The minimum absolute atomic E-state index is 0.844. The van der Waals surface area contributed by atoms with Gasteiger partial charge in [0.1, 0.15) is 16.7 Å². The van der Waals surface area contributed by atoms with E-state index in [2.05, 4.69) is 199 Å². The van der Waals surface area contributed by atoms with Crippen LogP contribution >= 0.6 is 0 Å². The van der Waals surface area contributed by atoms with Crippen molar-refractivity contribution in [3.8, 4) is 44.5 Å². The van der Waals surface area contributed by atoms with Crippen molar-refractivity contribution in [1.82, 2.24) is 0 Å². The SMILES string of the molecule is c1ccc(-c2cccc(-c3ccc(N(c4ccc(-c5ccc6c(c5)oc5ccccc56)cc4)c4ccc(-c5ccccc5)c5c4oc4ccccc45)cc3)c2)cc1. The largest absolute Gasteiger partial charge is 0.456 e. The number of furan rings is 2. The number of hydrogen-bond donors (Lipinski definition) is 0. The third-order valence-corrected chi connectivity index (χ3v) is 11.1. The van der Waals surface area contributed by atoms with E-state index in [0.717, 1.165) is 88.8 Å². The highest BCUT2D eigenvalue weighted by Crippen LogP contribution is 2.46. The molecule has 0 unspecified atom stereocenters. The summed E-state index contributed by atoms with van der Waals surface area (Å²) in [6.45, 7) is 0. The Morgan fingerprint density at radius 3 is 1.46 bits per heavy atom. The van der Waals surface area contributed by atoms with Crippen molar-refractivity contribution in [3.05, 3.63) is 212 Å². The molecule has 11 rings (SSSR count). The van der Waals surface area contributed by atoms with Gasteiger partial charge in [0, 0.05) is 32.9 Å². The zero-order valence-electron chi connectivity index (χ0n) is 31.0. The lowest BCUT2D eigenvalue weighted by Gasteiger charge is -2.26. The molecule has 0 saturated heterocycles. The van der Waals surface area contributed by atoms with E-state index < -0.39 is 0 Å². The van der Waals surface area contributed by atoms with Crippen LogP contribution < -0.4 is 4.90 Å². The smallest absolute Gasteiger partial charge is 0.160 e. The second-order valence-electron chi connectivity index (χ2n) is 14.5. The first-order valence-electron chi connectivity index (χ1n) is 19.3. The molecule has 11 aromatic rings. The van der Waals surface area contributed by atoms with E-state index in [0.29, 0.717) is 0 Å². The molecule has 9 aromatic carbocycles. The first-order valence-corrected chi connectivity index (χ1v) is 19.3. The molecule has 0 aliphatic rings. The van der Waals surface area contributed by atoms with Crippen LogP contribution in [0.5, 0.6) is 0 Å². The summed E-state index contributed by atoms with van der Waals surface area (Å²) in [6.07, 6.45) is 0. The van der Waals surface area contributed by atoms with Crippen molar-refractivity contribution in [2.45, 2.75) is 0 Å². The minimum atomic E-state index is 0.844. The summed E-state index contributed by atoms with van der Waals surface area (Å²) in [7, 11) is 0. The molecule has 3 heteroatoms. The summed E-state index contributed by atoms with van der Waals surface area (Å²) in [4.78, 5) is 2.32. The van der Waals surface area contributed by atoms with Crippen LogP contribution in [0.3, 0.4) is 0 Å². The molecule has 0 aliphatic carbocycles. The van der Waals surface area contributed by atoms with Crippen LogP contribution in [0.4, 0.5) is 17.1 Å². The normalized spacial score (nSPS) is 11.5. The van der Waals surface area contributed by atoms with Gasteiger partial charge in [-0.05, 0) is 105 Å². The Kier molecular flexibility index (Phi) is 7.82. The van der Waals surface area contributed by atoms with E-state index in [1.807, 2.05) is 18.2 Å². The highest BCUT2D eigenvalue weighted by Gasteiger charge is 2.22. The van der Waals surface area contributed by atoms with E-state index in [1.54, 1.807) is 0 Å². The first-order chi connectivity index (χ1) is 28.2. The van der Waals surface area contributed by atoms with Crippen LogP contribution in [0.15, 0.2) is 221 Å². The molecular weight excluding hydrogens is 695 g/mol. The summed E-state index contributed by atoms with van der Waals surface area (Å²) < 4.78 is 13.1. The average molecular weight is 730 g/mol. The highest BCUT2D eigenvalue weighted by atomic mass is 16.3. The molecule has 0 amide bonds. The second-order valence-corrected chi connectivity index (χ2v) is 14.5. The molecule has 0 atom stereocenters. The summed E-state index contributed by atoms with van der Waals surface area (Å²) in [5.74, 6) is 0. The fourth-order valence-corrected chi connectivity index (χ4v) is 8.30. The highest BCUT2D eigenvalue weighted by molar-refractivity contribution is 6.17. The molecule has 2 heterocycles. The molecule has 0 bridgehead atoms. The average Bonchev–Trinajstić information content (AvgIpc) is 3.87. The number of anilines is 3. The molecule has 0 saturated carbocycles. The van der Waals surface area contributed by atoms with Crippen LogP contribution in [-0.4, -0.2) is 0 Å². The Morgan fingerprint density at radius 1 is 0.298 bits per heavy atom. The fraction of sp³-hybridized carbons (Fsp3) is 0. The van der Waals surface area contributed by atoms with Gasteiger partial charge in [-0.3, -0.25) is 0 Å². The third-order valence-electron chi connectivity index (χ3n) is 11.1. The molecule has 268 valence electrons. The second kappa shape index (κ2) is 13.6. The van der Waals surface area contributed by atoms with Gasteiger partial charge in [-0.1, -0.05) is 152 Å². The number of nitrogens with zero attached hydrogens (tertiary/aromatic N) is 1.